The molecule has 0 spiro atoms. The lowest BCUT2D eigenvalue weighted by Gasteiger charge is -2.32. The Kier molecular flexibility index (Phi) is 13.3. The van der Waals surface area contributed by atoms with Gasteiger partial charge in [0.15, 0.2) is 0 Å². The molecule has 2 rings (SSSR count). The summed E-state index contributed by atoms with van der Waals surface area (Å²) >= 11 is 0. The van der Waals surface area contributed by atoms with Crippen molar-refractivity contribution in [1.29, 1.82) is 0 Å². The van der Waals surface area contributed by atoms with Crippen LogP contribution in [0, 0.1) is 13.8 Å². The lowest BCUT2D eigenvalue weighted by atomic mass is 9.98. The molecule has 8 heteroatoms. The molecule has 0 amide bonds. The second-order valence-corrected chi connectivity index (χ2v) is 18.3. The van der Waals surface area contributed by atoms with Crippen LogP contribution in [0.4, 0.5) is 0 Å². The monoisotopic (exact) mass is 578 g/mol. The van der Waals surface area contributed by atoms with Crippen LogP contribution in [0.1, 0.15) is 75.6 Å². The average Bonchev–Trinajstić information content (AvgIpc) is 2.94. The first kappa shape index (κ1) is 33.2. The predicted molar refractivity (Wildman–Crippen MR) is 163 cm³/mol. The molecule has 0 aliphatic carbocycles. The van der Waals surface area contributed by atoms with E-state index in [0.717, 1.165) is 35.3 Å². The third-order valence-corrected chi connectivity index (χ3v) is 17.5. The minimum Gasteiger partial charge on any atom is -0.508 e. The van der Waals surface area contributed by atoms with Crippen LogP contribution in [0.15, 0.2) is 36.4 Å². The number of ether oxygens (including phenoxy) is 2. The minimum absolute atomic E-state index is 0.154. The standard InChI is InChI=1S/C31H48O6P2/c1-7-38(34,8-2)30(39(35,9-3)10-4)18-14-15-21-36-31-24(5)22-28(32)27(25(31)6)19-20-29(33)37-23-26-16-12-11-13-17-26/h11-13,16-17,22,30,32H,7-10,14-15,18-21,23H2,1-6H3. The van der Waals surface area contributed by atoms with Gasteiger partial charge < -0.3 is 23.7 Å². The molecule has 0 radical (unpaired) electrons. The van der Waals surface area contributed by atoms with Gasteiger partial charge in [0.25, 0.3) is 0 Å². The quantitative estimate of drug-likeness (QED) is 0.115. The molecule has 0 aliphatic heterocycles. The second-order valence-electron chi connectivity index (χ2n) is 10.3. The zero-order valence-electron chi connectivity index (χ0n) is 24.7. The van der Waals surface area contributed by atoms with Crippen molar-refractivity contribution in [2.45, 2.75) is 85.7 Å². The number of carbonyl (C=O) groups is 1. The first-order valence-corrected chi connectivity index (χ1v) is 18.6. The van der Waals surface area contributed by atoms with Gasteiger partial charge >= 0.3 is 5.97 Å². The van der Waals surface area contributed by atoms with Crippen molar-refractivity contribution in [1.82, 2.24) is 0 Å². The van der Waals surface area contributed by atoms with Crippen LogP contribution >= 0.6 is 14.3 Å². The van der Waals surface area contributed by atoms with Crippen molar-refractivity contribution in [2.24, 2.45) is 0 Å². The van der Waals surface area contributed by atoms with Gasteiger partial charge in [0.2, 0.25) is 0 Å². The van der Waals surface area contributed by atoms with Crippen LogP contribution in [-0.4, -0.2) is 47.7 Å². The van der Waals surface area contributed by atoms with Crippen LogP contribution in [0.3, 0.4) is 0 Å². The van der Waals surface area contributed by atoms with Crippen molar-refractivity contribution in [3.05, 3.63) is 58.7 Å². The Morgan fingerprint density at radius 1 is 0.923 bits per heavy atom. The molecule has 0 saturated carbocycles. The number of phenolic OH excluding ortho intramolecular Hbond substituents is 1. The molecule has 0 saturated heterocycles. The van der Waals surface area contributed by atoms with Crippen LogP contribution in [0.25, 0.3) is 0 Å². The van der Waals surface area contributed by atoms with Crippen molar-refractivity contribution in [3.8, 4) is 11.5 Å². The lowest BCUT2D eigenvalue weighted by Crippen LogP contribution is -2.16. The fraction of sp³-hybridized carbons (Fsp3) is 0.581. The number of rotatable bonds is 17. The molecule has 0 aliphatic rings. The molecule has 39 heavy (non-hydrogen) atoms. The highest BCUT2D eigenvalue weighted by atomic mass is 31.2. The van der Waals surface area contributed by atoms with Crippen LogP contribution in [-0.2, 0) is 31.7 Å². The van der Waals surface area contributed by atoms with E-state index in [2.05, 4.69) is 0 Å². The fourth-order valence-corrected chi connectivity index (χ4v) is 14.2. The fourth-order valence-electron chi connectivity index (χ4n) is 5.31. The summed E-state index contributed by atoms with van der Waals surface area (Å²) in [6.07, 6.45) is 5.18. The molecule has 2 aromatic rings. The van der Waals surface area contributed by atoms with Gasteiger partial charge in [-0.25, -0.2) is 0 Å². The first-order chi connectivity index (χ1) is 18.5. The Morgan fingerprint density at radius 3 is 2.08 bits per heavy atom. The van der Waals surface area contributed by atoms with Gasteiger partial charge in [-0.2, -0.15) is 0 Å². The van der Waals surface area contributed by atoms with Crippen molar-refractivity contribution >= 4 is 20.3 Å². The molecule has 0 heterocycles. The Bertz CT molecular complexity index is 1120. The molecule has 218 valence electrons. The molecule has 0 aromatic heterocycles. The number of aromatic hydroxyl groups is 1. The first-order valence-electron chi connectivity index (χ1n) is 14.3. The maximum absolute atomic E-state index is 13.6. The number of esters is 1. The zero-order chi connectivity index (χ0) is 29.1. The van der Waals surface area contributed by atoms with E-state index >= 15 is 0 Å². The number of phenols is 1. The lowest BCUT2D eigenvalue weighted by molar-refractivity contribution is -0.144. The predicted octanol–water partition coefficient (Wildman–Crippen LogP) is 8.37. The van der Waals surface area contributed by atoms with Gasteiger partial charge in [0.1, 0.15) is 18.1 Å². The van der Waals surface area contributed by atoms with Gasteiger partial charge in [0, 0.05) is 12.0 Å². The number of aryl methyl sites for hydroxylation is 1. The van der Waals surface area contributed by atoms with Crippen molar-refractivity contribution in [3.63, 3.8) is 0 Å². The number of carbonyl (C=O) groups excluding carboxylic acids is 1. The minimum atomic E-state index is -2.49. The van der Waals surface area contributed by atoms with Crippen LogP contribution < -0.4 is 4.74 Å². The molecule has 0 atom stereocenters. The summed E-state index contributed by atoms with van der Waals surface area (Å²) in [5.74, 6) is 0.557. The highest BCUT2D eigenvalue weighted by Gasteiger charge is 2.40. The Hall–Kier alpha value is -2.03. The molecule has 1 N–H and O–H groups in total. The normalized spacial score (nSPS) is 12.1. The van der Waals surface area contributed by atoms with Crippen molar-refractivity contribution < 1.29 is 28.5 Å². The summed E-state index contributed by atoms with van der Waals surface area (Å²) in [7, 11) is -4.98. The molecule has 6 nitrogen and oxygen atoms in total. The number of benzene rings is 2. The van der Waals surface area contributed by atoms with Gasteiger partial charge in [-0.15, -0.1) is 0 Å². The van der Waals surface area contributed by atoms with Gasteiger partial charge in [-0.3, -0.25) is 4.79 Å². The molecule has 2 aromatic carbocycles. The molecule has 0 bridgehead atoms. The van der Waals surface area contributed by atoms with Crippen LogP contribution in [0.2, 0.25) is 0 Å². The Balaban J connectivity index is 1.98. The van der Waals surface area contributed by atoms with E-state index in [9.17, 15) is 19.0 Å². The number of unbranched alkanes of at least 4 members (excludes halogenated alkanes) is 1. The maximum Gasteiger partial charge on any atom is 0.306 e. The smallest absolute Gasteiger partial charge is 0.306 e. The molecule has 0 fully saturated rings. The molecular formula is C31H48O6P2. The van der Waals surface area contributed by atoms with Crippen LogP contribution in [0.5, 0.6) is 11.5 Å². The SMILES string of the molecule is CCP(=O)(CC)C(CCCCOc1c(C)cc(O)c(CCC(=O)OCc2ccccc2)c1C)P(=O)(CC)CC. The summed E-state index contributed by atoms with van der Waals surface area (Å²) in [5, 5.41) is 10.4. The third-order valence-electron chi connectivity index (χ3n) is 7.97. The van der Waals surface area contributed by atoms with E-state index in [4.69, 9.17) is 9.47 Å². The maximum atomic E-state index is 13.6. The largest absolute Gasteiger partial charge is 0.508 e. The number of hydrogen-bond donors (Lipinski definition) is 1. The summed E-state index contributed by atoms with van der Waals surface area (Å²) in [4.78, 5) is 12.3. The summed E-state index contributed by atoms with van der Waals surface area (Å²) < 4.78 is 38.8. The van der Waals surface area contributed by atoms with E-state index in [1.54, 1.807) is 6.07 Å². The second kappa shape index (κ2) is 15.7. The van der Waals surface area contributed by atoms with E-state index in [1.807, 2.05) is 71.9 Å². The third kappa shape index (κ3) is 8.98. The topological polar surface area (TPSA) is 89.9 Å². The van der Waals surface area contributed by atoms with E-state index in [-0.39, 0.29) is 30.1 Å². The highest BCUT2D eigenvalue weighted by Crippen LogP contribution is 2.69. The molecular weight excluding hydrogens is 530 g/mol. The zero-order valence-corrected chi connectivity index (χ0v) is 26.5. The van der Waals surface area contributed by atoms with Gasteiger partial charge in [-0.05, 0) is 86.9 Å². The Morgan fingerprint density at radius 2 is 1.51 bits per heavy atom. The average molecular weight is 579 g/mol. The summed E-state index contributed by atoms with van der Waals surface area (Å²) in [6, 6.07) is 11.2. The molecule has 0 unspecified atom stereocenters. The highest BCUT2D eigenvalue weighted by molar-refractivity contribution is 7.81. The van der Waals surface area contributed by atoms with Gasteiger partial charge in [-0.1, -0.05) is 58.0 Å². The number of hydrogen-bond acceptors (Lipinski definition) is 6. The van der Waals surface area contributed by atoms with E-state index in [0.29, 0.717) is 49.7 Å². The summed E-state index contributed by atoms with van der Waals surface area (Å²) in [6.45, 7) is 12.4. The van der Waals surface area contributed by atoms with E-state index < -0.39 is 14.3 Å². The van der Waals surface area contributed by atoms with E-state index in [1.165, 1.54) is 0 Å². The Labute approximate surface area is 235 Å². The van der Waals surface area contributed by atoms with Crippen molar-refractivity contribution in [2.75, 3.05) is 31.3 Å². The van der Waals surface area contributed by atoms with Gasteiger partial charge in [0.05, 0.1) is 26.3 Å². The summed E-state index contributed by atoms with van der Waals surface area (Å²) in [5.41, 5.74) is 3.28.